The second kappa shape index (κ2) is 37.4. The van der Waals surface area contributed by atoms with E-state index in [1.165, 1.54) is 77.0 Å². The van der Waals surface area contributed by atoms with Crippen molar-refractivity contribution in [2.45, 2.75) is 218 Å². The average Bonchev–Trinajstić information content (AvgIpc) is 3.38. The van der Waals surface area contributed by atoms with Crippen LogP contribution in [0.1, 0.15) is 172 Å². The summed E-state index contributed by atoms with van der Waals surface area (Å²) in [7, 11) is 0. The highest BCUT2D eigenvalue weighted by atomic mass is 16.7. The maximum absolute atomic E-state index is 14.4. The van der Waals surface area contributed by atoms with Gasteiger partial charge in [0, 0.05) is 11.5 Å². The molecule has 13 heteroatoms. The third-order valence-corrected chi connectivity index (χ3v) is 13.0. The fourth-order valence-electron chi connectivity index (χ4n) is 8.98. The number of nitrogens with zero attached hydrogens (tertiary/aromatic N) is 3. The van der Waals surface area contributed by atoms with Crippen LogP contribution in [0.15, 0.2) is 96.1 Å². The Labute approximate surface area is 419 Å². The van der Waals surface area contributed by atoms with E-state index in [1.807, 2.05) is 91.0 Å². The lowest BCUT2D eigenvalue weighted by atomic mass is 9.95. The Kier molecular flexibility index (Phi) is 31.2. The van der Waals surface area contributed by atoms with E-state index in [1.54, 1.807) is 0 Å². The van der Waals surface area contributed by atoms with Gasteiger partial charge in [0.1, 0.15) is 18.2 Å². The van der Waals surface area contributed by atoms with Gasteiger partial charge in [-0.15, -0.1) is 0 Å². The van der Waals surface area contributed by atoms with Crippen LogP contribution in [-0.2, 0) is 57.8 Å². The smallest absolute Gasteiger partial charge is 0.308 e. The zero-order valence-corrected chi connectivity index (χ0v) is 42.6. The molecule has 13 nitrogen and oxygen atoms in total. The molecule has 1 heterocycles. The first-order valence-corrected chi connectivity index (χ1v) is 26.8. The summed E-state index contributed by atoms with van der Waals surface area (Å²) in [5, 5.41) is 17.6. The molecule has 388 valence electrons. The molecule has 3 aromatic rings. The molecule has 2 N–H and O–H groups in total. The normalized spacial score (nSPS) is 18.7. The first-order valence-electron chi connectivity index (χ1n) is 26.8. The van der Waals surface area contributed by atoms with E-state index in [-0.39, 0.29) is 38.5 Å². The average molecular weight is 971 g/mol. The number of unbranched alkanes of at least 4 members (excludes halogenated alkanes) is 16. The minimum Gasteiger partial charge on any atom is -0.457 e. The Balaban J connectivity index is 1.55. The number of rotatable bonds is 40. The van der Waals surface area contributed by atoms with Gasteiger partial charge in [0.15, 0.2) is 12.4 Å². The van der Waals surface area contributed by atoms with Crippen LogP contribution in [0, 0.1) is 0 Å². The monoisotopic (exact) mass is 971 g/mol. The standard InChI is InChI=1S/C57H86N4O9/c1-3-5-7-9-11-13-15-17-28-36-49(66-43-46-30-22-19-23-31-46)40-52(63)60-54-56(55(68-45-48-34-26-21-27-35-48)51(42-62)69-57(54)65-39-38-59-61-58)70-53(64)41-50(67-44-47-32-24-20-25-33-47)37-29-18-16-14-12-10-8-6-4-2/h19-27,30-35,49-51,54-57,62H,3-18,28-29,36-45H2,1-2H3,(H,60,63)/t49-,50-,51-,54-,55-,56-,57+/m1/s1. The number of carbonyl (C=O) groups excluding carboxylic acids is 2. The molecule has 4 rings (SSSR count). The summed E-state index contributed by atoms with van der Waals surface area (Å²) in [5.74, 6) is -0.877. The molecule has 1 aliphatic rings. The van der Waals surface area contributed by atoms with Gasteiger partial charge in [-0.1, -0.05) is 226 Å². The fraction of sp³-hybridized carbons (Fsp3) is 0.649. The molecule has 0 saturated carbocycles. The first kappa shape index (κ1) is 58.2. The number of ether oxygens (including phenoxy) is 6. The third kappa shape index (κ3) is 24.7. The summed E-state index contributed by atoms with van der Waals surface area (Å²) in [6.45, 7) is 4.74. The molecule has 1 aliphatic heterocycles. The summed E-state index contributed by atoms with van der Waals surface area (Å²) in [5.41, 5.74) is 11.9. The number of esters is 1. The SMILES string of the molecule is CCCCCCCCCCC[C@H](CC(=O)N[C@H]1[C@@H](OCCN=[N+]=[N-])O[C@H](CO)[C@@H](OCc2ccccc2)[C@@H]1OC(=O)C[C@@H](CCCCCCCCCCC)OCc1ccccc1)OCc1ccccc1. The summed E-state index contributed by atoms with van der Waals surface area (Å²) < 4.78 is 38.4. The van der Waals surface area contributed by atoms with Crippen LogP contribution in [0.2, 0.25) is 0 Å². The van der Waals surface area contributed by atoms with E-state index in [0.29, 0.717) is 26.1 Å². The minimum atomic E-state index is -1.20. The molecule has 1 amide bonds. The van der Waals surface area contributed by atoms with Crippen molar-refractivity contribution in [1.29, 1.82) is 0 Å². The van der Waals surface area contributed by atoms with E-state index >= 15 is 0 Å². The molecule has 0 aromatic heterocycles. The number of hydrogen-bond acceptors (Lipinski definition) is 10. The van der Waals surface area contributed by atoms with Crippen molar-refractivity contribution in [3.8, 4) is 0 Å². The van der Waals surface area contributed by atoms with Crippen LogP contribution in [0.3, 0.4) is 0 Å². The maximum Gasteiger partial charge on any atom is 0.308 e. The quantitative estimate of drug-likeness (QED) is 0.0185. The number of aliphatic hydroxyl groups excluding tert-OH is 1. The Morgan fingerprint density at radius 3 is 1.56 bits per heavy atom. The van der Waals surface area contributed by atoms with Gasteiger partial charge in [-0.25, -0.2) is 0 Å². The van der Waals surface area contributed by atoms with Gasteiger partial charge in [-0.2, -0.15) is 0 Å². The van der Waals surface area contributed by atoms with E-state index < -0.39 is 55.4 Å². The van der Waals surface area contributed by atoms with Gasteiger partial charge in [-0.3, -0.25) is 9.59 Å². The summed E-state index contributed by atoms with van der Waals surface area (Å²) >= 11 is 0. The highest BCUT2D eigenvalue weighted by Gasteiger charge is 2.50. The van der Waals surface area contributed by atoms with Crippen LogP contribution in [0.25, 0.3) is 10.4 Å². The zero-order valence-electron chi connectivity index (χ0n) is 42.6. The van der Waals surface area contributed by atoms with Crippen molar-refractivity contribution in [2.24, 2.45) is 5.11 Å². The van der Waals surface area contributed by atoms with Gasteiger partial charge in [0.25, 0.3) is 0 Å². The number of aliphatic hydroxyl groups is 1. The molecule has 0 aliphatic carbocycles. The molecule has 3 aromatic carbocycles. The van der Waals surface area contributed by atoms with E-state index in [9.17, 15) is 14.7 Å². The molecule has 0 bridgehead atoms. The summed E-state index contributed by atoms with van der Waals surface area (Å²) in [6, 6.07) is 28.3. The van der Waals surface area contributed by atoms with Crippen LogP contribution < -0.4 is 5.32 Å². The van der Waals surface area contributed by atoms with Crippen molar-refractivity contribution in [3.05, 3.63) is 118 Å². The fourth-order valence-corrected chi connectivity index (χ4v) is 8.98. The molecule has 7 atom stereocenters. The van der Waals surface area contributed by atoms with Crippen LogP contribution in [0.4, 0.5) is 0 Å². The van der Waals surface area contributed by atoms with Crippen molar-refractivity contribution >= 4 is 11.9 Å². The van der Waals surface area contributed by atoms with Gasteiger partial charge < -0.3 is 38.8 Å². The topological polar surface area (TPSA) is 171 Å². The molecule has 1 fully saturated rings. The lowest BCUT2D eigenvalue weighted by Crippen LogP contribution is -2.66. The number of azide groups is 1. The van der Waals surface area contributed by atoms with Crippen LogP contribution in [0.5, 0.6) is 0 Å². The van der Waals surface area contributed by atoms with Crippen LogP contribution >= 0.6 is 0 Å². The summed E-state index contributed by atoms with van der Waals surface area (Å²) in [6.07, 6.45) is 17.4. The molecular weight excluding hydrogens is 885 g/mol. The van der Waals surface area contributed by atoms with Crippen molar-refractivity contribution in [2.75, 3.05) is 19.8 Å². The minimum absolute atomic E-state index is 0.00730. The Morgan fingerprint density at radius 2 is 1.09 bits per heavy atom. The predicted molar refractivity (Wildman–Crippen MR) is 276 cm³/mol. The molecule has 70 heavy (non-hydrogen) atoms. The van der Waals surface area contributed by atoms with E-state index in [0.717, 1.165) is 55.2 Å². The van der Waals surface area contributed by atoms with Gasteiger partial charge in [-0.05, 0) is 35.1 Å². The van der Waals surface area contributed by atoms with E-state index in [2.05, 4.69) is 29.2 Å². The Bertz CT molecular complexity index is 1820. The number of carbonyl (C=O) groups is 2. The molecule has 0 spiro atoms. The number of amides is 1. The van der Waals surface area contributed by atoms with Crippen molar-refractivity contribution < 1.29 is 43.1 Å². The number of hydrogen-bond donors (Lipinski definition) is 2. The summed E-state index contributed by atoms with van der Waals surface area (Å²) in [4.78, 5) is 31.7. The zero-order chi connectivity index (χ0) is 49.7. The Hall–Kier alpha value is -4.33. The lowest BCUT2D eigenvalue weighted by Gasteiger charge is -2.45. The molecular formula is C57H86N4O9. The predicted octanol–water partition coefficient (Wildman–Crippen LogP) is 12.8. The van der Waals surface area contributed by atoms with Crippen LogP contribution in [-0.4, -0.2) is 79.6 Å². The lowest BCUT2D eigenvalue weighted by molar-refractivity contribution is -0.282. The van der Waals surface area contributed by atoms with Gasteiger partial charge >= 0.3 is 5.97 Å². The van der Waals surface area contributed by atoms with Gasteiger partial charge in [0.05, 0.1) is 58.1 Å². The maximum atomic E-state index is 14.4. The molecule has 0 radical (unpaired) electrons. The van der Waals surface area contributed by atoms with Crippen molar-refractivity contribution in [3.63, 3.8) is 0 Å². The van der Waals surface area contributed by atoms with Crippen molar-refractivity contribution in [1.82, 2.24) is 5.32 Å². The highest BCUT2D eigenvalue weighted by Crippen LogP contribution is 2.30. The Morgan fingerprint density at radius 1 is 0.629 bits per heavy atom. The molecule has 1 saturated heterocycles. The van der Waals surface area contributed by atoms with Gasteiger partial charge in [0.2, 0.25) is 5.91 Å². The molecule has 0 unspecified atom stereocenters. The number of benzene rings is 3. The van der Waals surface area contributed by atoms with E-state index in [4.69, 9.17) is 34.0 Å². The third-order valence-electron chi connectivity index (χ3n) is 13.0. The second-order valence-electron chi connectivity index (χ2n) is 18.8. The first-order chi connectivity index (χ1) is 34.4. The highest BCUT2D eigenvalue weighted by molar-refractivity contribution is 5.77. The largest absolute Gasteiger partial charge is 0.457 e. The second-order valence-corrected chi connectivity index (χ2v) is 18.8. The number of nitrogens with one attached hydrogen (secondary N) is 1.